The Morgan fingerprint density at radius 1 is 1.00 bits per heavy atom. The van der Waals surface area contributed by atoms with E-state index < -0.39 is 17.9 Å². The van der Waals surface area contributed by atoms with Gasteiger partial charge in [0, 0.05) is 18.7 Å². The Morgan fingerprint density at radius 3 is 2.28 bits per heavy atom. The molecule has 1 aliphatic heterocycles. The average molecular weight is 482 g/mol. The first kappa shape index (κ1) is 23.4. The van der Waals surface area contributed by atoms with Gasteiger partial charge in [-0.2, -0.15) is 0 Å². The Labute approximate surface area is 209 Å². The Kier molecular flexibility index (Phi) is 6.54. The molecule has 2 heterocycles. The number of nitrogens with zero attached hydrogens (tertiary/aromatic N) is 3. The van der Waals surface area contributed by atoms with E-state index in [1.165, 1.54) is 4.90 Å². The van der Waals surface area contributed by atoms with Crippen molar-refractivity contribution in [3.05, 3.63) is 119 Å². The van der Waals surface area contributed by atoms with Gasteiger partial charge >= 0.3 is 5.97 Å². The summed E-state index contributed by atoms with van der Waals surface area (Å²) in [4.78, 5) is 32.5. The molecule has 36 heavy (non-hydrogen) atoms. The maximum atomic E-state index is 14.0. The molecule has 0 radical (unpaired) electrons. The Bertz CT molecular complexity index is 1330. The Balaban J connectivity index is 1.48. The van der Waals surface area contributed by atoms with Crippen molar-refractivity contribution in [1.82, 2.24) is 14.5 Å². The molecule has 0 saturated heterocycles. The maximum absolute atomic E-state index is 14.0. The predicted octanol–water partition coefficient (Wildman–Crippen LogP) is 4.11. The number of aromatic nitrogens is 2. The fourth-order valence-electron chi connectivity index (χ4n) is 4.87. The number of benzene rings is 3. The molecule has 3 aromatic carbocycles. The van der Waals surface area contributed by atoms with Crippen molar-refractivity contribution in [2.75, 3.05) is 7.11 Å². The van der Waals surface area contributed by atoms with E-state index in [4.69, 9.17) is 4.74 Å². The van der Waals surface area contributed by atoms with Crippen molar-refractivity contribution in [2.45, 2.75) is 31.5 Å². The molecule has 7 nitrogen and oxygen atoms in total. The Morgan fingerprint density at radius 2 is 1.67 bits per heavy atom. The third-order valence-electron chi connectivity index (χ3n) is 6.68. The lowest BCUT2D eigenvalue weighted by atomic mass is 9.88. The van der Waals surface area contributed by atoms with Crippen molar-refractivity contribution in [3.63, 3.8) is 0 Å². The van der Waals surface area contributed by atoms with Crippen LogP contribution in [0.4, 0.5) is 0 Å². The molecule has 1 atom stereocenters. The molecule has 0 unspecified atom stereocenters. The third kappa shape index (κ3) is 4.60. The summed E-state index contributed by atoms with van der Waals surface area (Å²) in [5, 5.41) is 10.2. The fraction of sp³-hybridized carbons (Fsp3) is 0.207. The largest absolute Gasteiger partial charge is 0.497 e. The van der Waals surface area contributed by atoms with Crippen molar-refractivity contribution in [1.29, 1.82) is 0 Å². The first-order valence-corrected chi connectivity index (χ1v) is 11.8. The standard InChI is InChI=1S/C29H27N3O4/c1-36-23-14-8-9-20(15-23)17-31-19-30-24-18-32(26(29(34)35)16-25(24)31)28(33)27(21-10-4-2-5-11-21)22-12-6-3-7-13-22/h2-15,19,26-27H,16-18H2,1H3,(H,34,35)/t26-/m0/s1. The van der Waals surface area contributed by atoms with Crippen LogP contribution >= 0.6 is 0 Å². The number of rotatable bonds is 7. The van der Waals surface area contributed by atoms with E-state index in [0.717, 1.165) is 33.8 Å². The topological polar surface area (TPSA) is 84.7 Å². The van der Waals surface area contributed by atoms with Crippen molar-refractivity contribution in [3.8, 4) is 5.75 Å². The number of carboxylic acids is 1. The van der Waals surface area contributed by atoms with Gasteiger partial charge in [-0.05, 0) is 28.8 Å². The lowest BCUT2D eigenvalue weighted by Gasteiger charge is -2.35. The normalized spacial score (nSPS) is 14.9. The monoisotopic (exact) mass is 481 g/mol. The number of amides is 1. The van der Waals surface area contributed by atoms with E-state index in [1.807, 2.05) is 89.5 Å². The molecule has 1 amide bonds. The molecule has 0 bridgehead atoms. The minimum absolute atomic E-state index is 0.145. The number of carbonyl (C=O) groups excluding carboxylic acids is 1. The zero-order valence-corrected chi connectivity index (χ0v) is 19.9. The summed E-state index contributed by atoms with van der Waals surface area (Å²) in [6.07, 6.45) is 1.92. The van der Waals surface area contributed by atoms with E-state index >= 15 is 0 Å². The highest BCUT2D eigenvalue weighted by Crippen LogP contribution is 2.32. The first-order chi connectivity index (χ1) is 17.5. The van der Waals surface area contributed by atoms with Crippen LogP contribution in [-0.4, -0.2) is 44.6 Å². The van der Waals surface area contributed by atoms with Crippen LogP contribution in [0.2, 0.25) is 0 Å². The van der Waals surface area contributed by atoms with Crippen LogP contribution in [0.1, 0.15) is 34.0 Å². The van der Waals surface area contributed by atoms with E-state index in [1.54, 1.807) is 13.4 Å². The summed E-state index contributed by atoms with van der Waals surface area (Å²) in [6, 6.07) is 25.7. The van der Waals surface area contributed by atoms with Crippen LogP contribution in [0.15, 0.2) is 91.3 Å². The van der Waals surface area contributed by atoms with Crippen LogP contribution in [0.25, 0.3) is 0 Å². The molecular formula is C29H27N3O4. The van der Waals surface area contributed by atoms with Crippen LogP contribution in [0.5, 0.6) is 5.75 Å². The summed E-state index contributed by atoms with van der Waals surface area (Å²) in [7, 11) is 1.62. The minimum Gasteiger partial charge on any atom is -0.497 e. The molecule has 1 N–H and O–H groups in total. The lowest BCUT2D eigenvalue weighted by Crippen LogP contribution is -2.50. The first-order valence-electron chi connectivity index (χ1n) is 11.8. The van der Waals surface area contributed by atoms with Gasteiger partial charge in [0.05, 0.1) is 31.6 Å². The van der Waals surface area contributed by atoms with Gasteiger partial charge in [-0.3, -0.25) is 4.79 Å². The summed E-state index contributed by atoms with van der Waals surface area (Å²) in [5.41, 5.74) is 4.24. The summed E-state index contributed by atoms with van der Waals surface area (Å²) < 4.78 is 7.29. The number of hydrogen-bond donors (Lipinski definition) is 1. The molecule has 1 aliphatic rings. The summed E-state index contributed by atoms with van der Waals surface area (Å²) >= 11 is 0. The minimum atomic E-state index is -1.02. The number of carboxylic acid groups (broad SMARTS) is 1. The number of aliphatic carboxylic acids is 1. The summed E-state index contributed by atoms with van der Waals surface area (Å²) in [6.45, 7) is 0.683. The molecule has 5 rings (SSSR count). The molecule has 0 fully saturated rings. The highest BCUT2D eigenvalue weighted by atomic mass is 16.5. The van der Waals surface area contributed by atoms with Gasteiger partial charge in [0.2, 0.25) is 5.91 Å². The smallest absolute Gasteiger partial charge is 0.326 e. The van der Waals surface area contributed by atoms with Gasteiger partial charge < -0.3 is 19.3 Å². The molecular weight excluding hydrogens is 454 g/mol. The zero-order chi connectivity index (χ0) is 25.1. The Hall–Kier alpha value is -4.39. The maximum Gasteiger partial charge on any atom is 0.326 e. The highest BCUT2D eigenvalue weighted by molar-refractivity contribution is 5.91. The average Bonchev–Trinajstić information content (AvgIpc) is 3.31. The van der Waals surface area contributed by atoms with Gasteiger partial charge in [0.15, 0.2) is 0 Å². The SMILES string of the molecule is COc1cccc(Cn2cnc3c2C[C@@H](C(=O)O)N(C(=O)C(c2ccccc2)c2ccccc2)C3)c1. The third-order valence-corrected chi connectivity index (χ3v) is 6.68. The molecule has 1 aromatic heterocycles. The quantitative estimate of drug-likeness (QED) is 0.430. The summed E-state index contributed by atoms with van der Waals surface area (Å²) in [5.74, 6) is -1.11. The predicted molar refractivity (Wildman–Crippen MR) is 135 cm³/mol. The number of hydrogen-bond acceptors (Lipinski definition) is 4. The van der Waals surface area contributed by atoms with Crippen LogP contribution in [0.3, 0.4) is 0 Å². The number of carbonyl (C=O) groups is 2. The second kappa shape index (κ2) is 10.1. The molecule has 4 aromatic rings. The fourth-order valence-corrected chi connectivity index (χ4v) is 4.87. The van der Waals surface area contributed by atoms with E-state index in [9.17, 15) is 14.7 Å². The van der Waals surface area contributed by atoms with Gasteiger partial charge in [-0.15, -0.1) is 0 Å². The van der Waals surface area contributed by atoms with Crippen molar-refractivity contribution < 1.29 is 19.4 Å². The lowest BCUT2D eigenvalue weighted by molar-refractivity contribution is -0.151. The van der Waals surface area contributed by atoms with Gasteiger partial charge in [-0.25, -0.2) is 9.78 Å². The van der Waals surface area contributed by atoms with Gasteiger partial charge in [-0.1, -0.05) is 72.8 Å². The number of imidazole rings is 1. The second-order valence-corrected chi connectivity index (χ2v) is 8.90. The molecule has 0 spiro atoms. The van der Waals surface area contributed by atoms with Crippen LogP contribution in [-0.2, 0) is 29.1 Å². The van der Waals surface area contributed by atoms with E-state index in [0.29, 0.717) is 6.54 Å². The van der Waals surface area contributed by atoms with Gasteiger partial charge in [0.25, 0.3) is 0 Å². The number of fused-ring (bicyclic) bond motifs is 1. The molecule has 0 aliphatic carbocycles. The van der Waals surface area contributed by atoms with E-state index in [-0.39, 0.29) is 18.9 Å². The zero-order valence-electron chi connectivity index (χ0n) is 19.9. The number of methoxy groups -OCH3 is 1. The van der Waals surface area contributed by atoms with Gasteiger partial charge in [0.1, 0.15) is 11.8 Å². The van der Waals surface area contributed by atoms with Crippen LogP contribution < -0.4 is 4.74 Å². The van der Waals surface area contributed by atoms with E-state index in [2.05, 4.69) is 4.98 Å². The highest BCUT2D eigenvalue weighted by Gasteiger charge is 2.40. The molecule has 182 valence electrons. The molecule has 7 heteroatoms. The molecule has 0 saturated carbocycles. The number of ether oxygens (including phenoxy) is 1. The van der Waals surface area contributed by atoms with Crippen LogP contribution in [0, 0.1) is 0 Å². The van der Waals surface area contributed by atoms with Crippen molar-refractivity contribution >= 4 is 11.9 Å². The second-order valence-electron chi connectivity index (χ2n) is 8.90. The van der Waals surface area contributed by atoms with Crippen molar-refractivity contribution in [2.24, 2.45) is 0 Å².